The average molecular weight is 454 g/mol. The Morgan fingerprint density at radius 3 is 2.66 bits per heavy atom. The Morgan fingerprint density at radius 1 is 1.22 bits per heavy atom. The number of amides is 1. The van der Waals surface area contributed by atoms with Crippen LogP contribution in [0.2, 0.25) is 0 Å². The van der Waals surface area contributed by atoms with Gasteiger partial charge < -0.3 is 15.8 Å². The van der Waals surface area contributed by atoms with E-state index < -0.39 is 5.91 Å². The van der Waals surface area contributed by atoms with Crippen LogP contribution in [0.4, 0.5) is 16.6 Å². The molecule has 0 spiro atoms. The van der Waals surface area contributed by atoms with Gasteiger partial charge in [-0.25, -0.2) is 9.97 Å². The molecule has 0 atom stereocenters. The number of nitrogens with zero attached hydrogens (tertiary/aromatic N) is 3. The monoisotopic (exact) mass is 453 g/mol. The summed E-state index contributed by atoms with van der Waals surface area (Å²) in [5.41, 5.74) is 8.40. The minimum atomic E-state index is -0.486. The second-order valence-electron chi connectivity index (χ2n) is 8.16. The molecule has 3 aromatic rings. The standard InChI is InChI=1S/C23H28N6O2S/c1-15(2)31-20-6-4-16(22(24)30)12-18(20)26-23-27-19(14-32-23)17-5-7-21(25-13-17)29-10-8-28(3)9-11-29/h4-7,12-15H,8-11H2,1-3H3,(H2,24,30)(H,26,27)/p+1. The number of hydrogen-bond donors (Lipinski definition) is 2. The summed E-state index contributed by atoms with van der Waals surface area (Å²) in [6.45, 7) is 8.07. The maximum Gasteiger partial charge on any atom is 0.274 e. The van der Waals surface area contributed by atoms with Crippen molar-refractivity contribution < 1.29 is 14.5 Å². The molecule has 1 aliphatic rings. The normalized spacial score (nSPS) is 14.6. The molecular formula is C23H29N6O2S+. The van der Waals surface area contributed by atoms with E-state index in [0.717, 1.165) is 43.3 Å². The number of hydrogen-bond acceptors (Lipinski definition) is 7. The minimum Gasteiger partial charge on any atom is -0.489 e. The molecule has 4 N–H and O–H groups in total. The molecule has 0 bridgehead atoms. The van der Waals surface area contributed by atoms with Gasteiger partial charge in [0.25, 0.3) is 5.82 Å². The summed E-state index contributed by atoms with van der Waals surface area (Å²) in [7, 11) is 2.15. The van der Waals surface area contributed by atoms with Crippen LogP contribution in [-0.4, -0.2) is 55.1 Å². The Balaban J connectivity index is 1.50. The number of carbonyl (C=O) groups is 1. The van der Waals surface area contributed by atoms with Crippen LogP contribution in [0.25, 0.3) is 11.3 Å². The second kappa shape index (κ2) is 9.54. The molecule has 2 aromatic heterocycles. The molecule has 0 radical (unpaired) electrons. The van der Waals surface area contributed by atoms with E-state index in [9.17, 15) is 4.79 Å². The minimum absolute atomic E-state index is 0.00353. The molecule has 0 saturated carbocycles. The van der Waals surface area contributed by atoms with E-state index in [1.54, 1.807) is 18.2 Å². The zero-order valence-electron chi connectivity index (χ0n) is 18.6. The zero-order chi connectivity index (χ0) is 22.7. The molecule has 1 aromatic carbocycles. The van der Waals surface area contributed by atoms with Gasteiger partial charge in [0.2, 0.25) is 5.91 Å². The predicted molar refractivity (Wildman–Crippen MR) is 128 cm³/mol. The highest BCUT2D eigenvalue weighted by atomic mass is 32.1. The van der Waals surface area contributed by atoms with E-state index in [2.05, 4.69) is 39.3 Å². The van der Waals surface area contributed by atoms with Gasteiger partial charge in [-0.15, -0.1) is 11.3 Å². The fourth-order valence-corrected chi connectivity index (χ4v) is 4.27. The molecule has 1 aliphatic heterocycles. The van der Waals surface area contributed by atoms with Crippen molar-refractivity contribution in [2.75, 3.05) is 43.4 Å². The van der Waals surface area contributed by atoms with Crippen LogP contribution in [0.1, 0.15) is 24.2 Å². The highest BCUT2D eigenvalue weighted by molar-refractivity contribution is 7.14. The van der Waals surface area contributed by atoms with E-state index in [1.165, 1.54) is 11.3 Å². The molecule has 3 heterocycles. The third-order valence-electron chi connectivity index (χ3n) is 5.31. The molecule has 0 aliphatic carbocycles. The lowest BCUT2D eigenvalue weighted by Crippen LogP contribution is -2.46. The van der Waals surface area contributed by atoms with Gasteiger partial charge in [0.1, 0.15) is 5.75 Å². The Bertz CT molecular complexity index is 1070. The molecule has 9 heteroatoms. The van der Waals surface area contributed by atoms with Gasteiger partial charge in [-0.05, 0) is 45.2 Å². The molecule has 0 unspecified atom stereocenters. The summed E-state index contributed by atoms with van der Waals surface area (Å²) in [5.74, 6) is 1.28. The van der Waals surface area contributed by atoms with Crippen LogP contribution >= 0.6 is 11.3 Å². The number of rotatable bonds is 7. The summed E-state index contributed by atoms with van der Waals surface area (Å²) in [6.07, 6.45) is 1.99. The van der Waals surface area contributed by atoms with Gasteiger partial charge in [-0.2, -0.15) is 0 Å². The number of nitrogens with one attached hydrogen (secondary N) is 2. The topological polar surface area (TPSA) is 97.9 Å². The van der Waals surface area contributed by atoms with E-state index in [1.807, 2.05) is 25.4 Å². The van der Waals surface area contributed by atoms with Crippen LogP contribution in [0, 0.1) is 0 Å². The number of benzene rings is 1. The van der Waals surface area contributed by atoms with E-state index in [-0.39, 0.29) is 6.10 Å². The number of aromatic nitrogens is 2. The van der Waals surface area contributed by atoms with Crippen LogP contribution in [0.3, 0.4) is 0 Å². The summed E-state index contributed by atoms with van der Waals surface area (Å²) in [4.78, 5) is 24.4. The number of carbonyl (C=O) groups excluding carboxylic acids is 1. The highest BCUT2D eigenvalue weighted by Gasteiger charge is 2.21. The number of H-pyrrole nitrogens is 1. The highest BCUT2D eigenvalue weighted by Crippen LogP contribution is 2.33. The van der Waals surface area contributed by atoms with Crippen LogP contribution in [0.15, 0.2) is 41.9 Å². The summed E-state index contributed by atoms with van der Waals surface area (Å²) < 4.78 is 5.87. The number of piperazine rings is 1. The number of pyridine rings is 1. The van der Waals surface area contributed by atoms with Crippen molar-refractivity contribution in [1.82, 2.24) is 9.88 Å². The zero-order valence-corrected chi connectivity index (χ0v) is 19.4. The third kappa shape index (κ3) is 5.17. The van der Waals surface area contributed by atoms with Crippen LogP contribution in [-0.2, 0) is 0 Å². The second-order valence-corrected chi connectivity index (χ2v) is 9.02. The van der Waals surface area contributed by atoms with Crippen molar-refractivity contribution in [2.24, 2.45) is 5.73 Å². The number of nitrogens with two attached hydrogens (primary N) is 1. The molecule has 1 amide bonds. The number of anilines is 3. The quantitative estimate of drug-likeness (QED) is 0.571. The van der Waals surface area contributed by atoms with Gasteiger partial charge in [0.15, 0.2) is 5.13 Å². The molecule has 1 saturated heterocycles. The van der Waals surface area contributed by atoms with Crippen LogP contribution in [0.5, 0.6) is 5.75 Å². The molecule has 4 rings (SSSR count). The first-order valence-corrected chi connectivity index (χ1v) is 11.6. The number of ether oxygens (including phenoxy) is 1. The average Bonchev–Trinajstić information content (AvgIpc) is 3.24. The maximum atomic E-state index is 11.6. The van der Waals surface area contributed by atoms with Gasteiger partial charge in [-0.3, -0.25) is 14.6 Å². The van der Waals surface area contributed by atoms with Crippen molar-refractivity contribution in [3.8, 4) is 17.0 Å². The molecule has 8 nitrogen and oxygen atoms in total. The Morgan fingerprint density at radius 2 is 2.00 bits per heavy atom. The molecule has 1 fully saturated rings. The molecule has 168 valence electrons. The van der Waals surface area contributed by atoms with Crippen molar-refractivity contribution >= 4 is 33.9 Å². The SMILES string of the molecule is CC(C)Oc1ccc(C(N)=O)cc1Nc1nc(-c2ccc(N3CCN(C)CC3)[nH+]c2)cs1. The van der Waals surface area contributed by atoms with Gasteiger partial charge >= 0.3 is 0 Å². The first-order chi connectivity index (χ1) is 15.4. The van der Waals surface area contributed by atoms with Crippen molar-refractivity contribution in [1.29, 1.82) is 0 Å². The van der Waals surface area contributed by atoms with Crippen molar-refractivity contribution in [2.45, 2.75) is 20.0 Å². The lowest BCUT2D eigenvalue weighted by molar-refractivity contribution is -0.363. The van der Waals surface area contributed by atoms with E-state index in [4.69, 9.17) is 15.5 Å². The van der Waals surface area contributed by atoms with Gasteiger partial charge in [-0.1, -0.05) is 0 Å². The fraction of sp³-hybridized carbons (Fsp3) is 0.348. The lowest BCUT2D eigenvalue weighted by Gasteiger charge is -2.27. The predicted octanol–water partition coefficient (Wildman–Crippen LogP) is 3.01. The number of aromatic amines is 1. The summed E-state index contributed by atoms with van der Waals surface area (Å²) in [5, 5.41) is 5.99. The molecular weight excluding hydrogens is 424 g/mol. The van der Waals surface area contributed by atoms with E-state index in [0.29, 0.717) is 22.1 Å². The maximum absolute atomic E-state index is 11.6. The largest absolute Gasteiger partial charge is 0.489 e. The molecule has 32 heavy (non-hydrogen) atoms. The Hall–Kier alpha value is -3.17. The Labute approximate surface area is 192 Å². The Kier molecular flexibility index (Phi) is 6.57. The van der Waals surface area contributed by atoms with Crippen LogP contribution < -0.4 is 25.7 Å². The number of thiazole rings is 1. The smallest absolute Gasteiger partial charge is 0.274 e. The van der Waals surface area contributed by atoms with Gasteiger partial charge in [0.05, 0.1) is 36.8 Å². The van der Waals surface area contributed by atoms with E-state index >= 15 is 0 Å². The first kappa shape index (κ1) is 22.0. The lowest BCUT2D eigenvalue weighted by atomic mass is 10.1. The summed E-state index contributed by atoms with van der Waals surface area (Å²) in [6, 6.07) is 9.31. The summed E-state index contributed by atoms with van der Waals surface area (Å²) >= 11 is 1.49. The number of primary amides is 1. The third-order valence-corrected chi connectivity index (χ3v) is 6.07. The van der Waals surface area contributed by atoms with Crippen molar-refractivity contribution in [3.05, 3.63) is 47.5 Å². The van der Waals surface area contributed by atoms with Crippen molar-refractivity contribution in [3.63, 3.8) is 0 Å². The fourth-order valence-electron chi connectivity index (χ4n) is 3.54. The first-order valence-electron chi connectivity index (χ1n) is 10.7. The number of likely N-dealkylation sites (N-methyl/N-ethyl adjacent to an activating group) is 1. The van der Waals surface area contributed by atoms with Gasteiger partial charge in [0, 0.05) is 35.7 Å².